The number of hydrogen-bond donors (Lipinski definition) is 3. The topological polar surface area (TPSA) is 115 Å². The third-order valence-corrected chi connectivity index (χ3v) is 10.2. The molecule has 3 N–H and O–H groups in total. The van der Waals surface area contributed by atoms with Crippen LogP contribution in [0.5, 0.6) is 0 Å². The summed E-state index contributed by atoms with van der Waals surface area (Å²) in [5.41, 5.74) is 9.80. The Labute approximate surface area is 238 Å². The van der Waals surface area contributed by atoms with Gasteiger partial charge >= 0.3 is 0 Å². The van der Waals surface area contributed by atoms with Crippen LogP contribution < -0.4 is 16.5 Å². The van der Waals surface area contributed by atoms with E-state index < -0.39 is 34.3 Å². The lowest BCUT2D eigenvalue weighted by atomic mass is 9.89. The third-order valence-electron chi connectivity index (χ3n) is 7.36. The van der Waals surface area contributed by atoms with Gasteiger partial charge in [-0.15, -0.1) is 10.6 Å². The first-order chi connectivity index (χ1) is 18.7. The van der Waals surface area contributed by atoms with Crippen molar-refractivity contribution in [3.63, 3.8) is 0 Å². The summed E-state index contributed by atoms with van der Waals surface area (Å²) in [4.78, 5) is 16.0. The largest absolute Gasteiger partial charge is 0.357 e. The summed E-state index contributed by atoms with van der Waals surface area (Å²) < 4.78 is 34.0. The first-order valence-electron chi connectivity index (χ1n) is 12.9. The second kappa shape index (κ2) is 11.6. The number of nitrogens with one attached hydrogen (secondary N) is 3. The second-order valence-corrected chi connectivity index (χ2v) is 13.2. The van der Waals surface area contributed by atoms with Crippen molar-refractivity contribution in [2.45, 2.75) is 62.1 Å². The molecule has 0 unspecified atom stereocenters. The van der Waals surface area contributed by atoms with E-state index in [1.54, 1.807) is 30.1 Å². The molecule has 0 spiro atoms. The predicted octanol–water partition coefficient (Wildman–Crippen LogP) is 3.52. The number of carbonyl (C=O) groups is 1. The summed E-state index contributed by atoms with van der Waals surface area (Å²) in [5.74, 6) is 0.276. The summed E-state index contributed by atoms with van der Waals surface area (Å²) in [6, 6.07) is 13.7. The molecule has 2 aliphatic heterocycles. The van der Waals surface area contributed by atoms with Crippen molar-refractivity contribution in [2.24, 2.45) is 5.10 Å². The van der Waals surface area contributed by atoms with Crippen molar-refractivity contribution in [1.29, 1.82) is 0 Å². The van der Waals surface area contributed by atoms with E-state index >= 15 is 0 Å². The number of halogens is 2. The first-order valence-corrected chi connectivity index (χ1v) is 15.2. The Kier molecular flexibility index (Phi) is 8.37. The predicted molar refractivity (Wildman–Crippen MR) is 150 cm³/mol. The maximum atomic E-state index is 14.2. The van der Waals surface area contributed by atoms with E-state index in [0.717, 1.165) is 11.1 Å². The van der Waals surface area contributed by atoms with Crippen LogP contribution in [0.2, 0.25) is 10.0 Å². The molecule has 4 atom stereocenters. The SMILES string of the molecule is CC[C@@H](CN(C)S(=O)(=O)C1CC1)N1C(=O)[C@H](CC2=NNNN2)O[C@H](c2cccc(Cl)c2)[C@H]1c1ccc(Cl)cc1. The van der Waals surface area contributed by atoms with Crippen LogP contribution in [0.4, 0.5) is 0 Å². The van der Waals surface area contributed by atoms with E-state index in [2.05, 4.69) is 21.6 Å². The number of hydrazine groups is 2. The molecule has 0 bridgehead atoms. The zero-order chi connectivity index (χ0) is 27.7. The van der Waals surface area contributed by atoms with E-state index in [9.17, 15) is 13.2 Å². The van der Waals surface area contributed by atoms with Crippen molar-refractivity contribution in [3.8, 4) is 0 Å². The molecule has 1 saturated carbocycles. The standard InChI is InChI=1S/C26H32Cl2N6O4S/c1-3-20(15-33(2)39(36,37)21-11-12-21)34-24(16-7-9-18(27)10-8-16)25(17-5-4-6-19(28)13-17)38-22(26(34)35)14-23-29-31-32-30-23/h4-10,13,20-22,24-25,31-32H,3,11-12,14-15H2,1-2H3,(H,29,30)/t20-,22-,24+,25+/m0/s1. The zero-order valence-electron chi connectivity index (χ0n) is 21.7. The summed E-state index contributed by atoms with van der Waals surface area (Å²) in [6.45, 7) is 2.13. The number of hydrogen-bond acceptors (Lipinski definition) is 8. The number of amides is 1. The van der Waals surface area contributed by atoms with Gasteiger partial charge in [0.15, 0.2) is 0 Å². The molecule has 2 fully saturated rings. The maximum Gasteiger partial charge on any atom is 0.253 e. The smallest absolute Gasteiger partial charge is 0.253 e. The number of rotatable bonds is 10. The van der Waals surface area contributed by atoms with E-state index in [1.807, 2.05) is 37.3 Å². The van der Waals surface area contributed by atoms with E-state index in [-0.39, 0.29) is 24.1 Å². The lowest BCUT2D eigenvalue weighted by Crippen LogP contribution is -2.58. The van der Waals surface area contributed by atoms with Crippen LogP contribution in [0.25, 0.3) is 0 Å². The Balaban J connectivity index is 1.58. The Hall–Kier alpha value is -2.41. The Morgan fingerprint density at radius 3 is 2.49 bits per heavy atom. The lowest BCUT2D eigenvalue weighted by Gasteiger charge is -2.48. The highest BCUT2D eigenvalue weighted by Gasteiger charge is 2.48. The number of benzene rings is 2. The number of ether oxygens (including phenoxy) is 1. The maximum absolute atomic E-state index is 14.2. The van der Waals surface area contributed by atoms with Gasteiger partial charge in [0.25, 0.3) is 5.91 Å². The van der Waals surface area contributed by atoms with Crippen molar-refractivity contribution < 1.29 is 17.9 Å². The molecule has 2 aromatic rings. The molecule has 0 aromatic heterocycles. The molecule has 2 aromatic carbocycles. The lowest BCUT2D eigenvalue weighted by molar-refractivity contribution is -0.178. The highest BCUT2D eigenvalue weighted by Crippen LogP contribution is 2.45. The van der Waals surface area contributed by atoms with Crippen LogP contribution in [0, 0.1) is 0 Å². The number of nitrogens with zero attached hydrogens (tertiary/aromatic N) is 3. The number of sulfonamides is 1. The Morgan fingerprint density at radius 2 is 1.87 bits per heavy atom. The molecule has 2 heterocycles. The van der Waals surface area contributed by atoms with Crippen molar-refractivity contribution in [3.05, 3.63) is 69.7 Å². The van der Waals surface area contributed by atoms with Gasteiger partial charge < -0.3 is 9.64 Å². The third kappa shape index (κ3) is 6.03. The highest BCUT2D eigenvalue weighted by atomic mass is 35.5. The number of amidine groups is 1. The molecular formula is C26H32Cl2N6O4S. The summed E-state index contributed by atoms with van der Waals surface area (Å²) in [7, 11) is -1.84. The summed E-state index contributed by atoms with van der Waals surface area (Å²) in [6.07, 6.45) is 0.608. The number of morpholine rings is 1. The first kappa shape index (κ1) is 28.1. The molecule has 0 radical (unpaired) electrons. The van der Waals surface area contributed by atoms with Crippen molar-refractivity contribution >= 4 is 45.0 Å². The molecule has 10 nitrogen and oxygen atoms in total. The minimum Gasteiger partial charge on any atom is -0.357 e. The van der Waals surface area contributed by atoms with Crippen LogP contribution in [0.15, 0.2) is 53.6 Å². The molecule has 5 rings (SSSR count). The van der Waals surface area contributed by atoms with Crippen LogP contribution in [-0.4, -0.2) is 60.4 Å². The van der Waals surface area contributed by atoms with Crippen molar-refractivity contribution in [1.82, 2.24) is 25.7 Å². The second-order valence-electron chi connectivity index (χ2n) is 10.1. The monoisotopic (exact) mass is 594 g/mol. The molecule has 13 heteroatoms. The van der Waals surface area contributed by atoms with Crippen molar-refractivity contribution in [2.75, 3.05) is 13.6 Å². The zero-order valence-corrected chi connectivity index (χ0v) is 24.0. The molecule has 1 saturated heterocycles. The van der Waals surface area contributed by atoms with Gasteiger partial charge in [-0.2, -0.15) is 0 Å². The molecule has 210 valence electrons. The minimum absolute atomic E-state index is 0.169. The Bertz CT molecular complexity index is 1340. The van der Waals surface area contributed by atoms with Crippen LogP contribution in [-0.2, 0) is 19.6 Å². The Morgan fingerprint density at radius 1 is 1.13 bits per heavy atom. The molecule has 3 aliphatic rings. The summed E-state index contributed by atoms with van der Waals surface area (Å²) in [5, 5.41) is 4.90. The quantitative estimate of drug-likeness (QED) is 0.385. The van der Waals surface area contributed by atoms with Gasteiger partial charge in [0.1, 0.15) is 18.0 Å². The van der Waals surface area contributed by atoms with E-state index in [0.29, 0.717) is 35.1 Å². The molecule has 1 amide bonds. The fraction of sp³-hybridized carbons (Fsp3) is 0.462. The average Bonchev–Trinajstić information content (AvgIpc) is 3.66. The van der Waals surface area contributed by atoms with Crippen LogP contribution in [0.1, 0.15) is 55.9 Å². The number of likely N-dealkylation sites (N-methyl/N-ethyl adjacent to an activating group) is 1. The number of hydrazone groups is 1. The van der Waals surface area contributed by atoms with Gasteiger partial charge in [-0.25, -0.2) is 18.3 Å². The van der Waals surface area contributed by atoms with Gasteiger partial charge in [0, 0.05) is 36.1 Å². The minimum atomic E-state index is -3.43. The van der Waals surface area contributed by atoms with Gasteiger partial charge in [-0.1, -0.05) is 54.4 Å². The fourth-order valence-corrected chi connectivity index (χ4v) is 7.12. The van der Waals surface area contributed by atoms with Gasteiger partial charge in [-0.05, 0) is 54.7 Å². The fourth-order valence-electron chi connectivity index (χ4n) is 5.17. The van der Waals surface area contributed by atoms with E-state index in [1.165, 1.54) is 4.31 Å². The average molecular weight is 596 g/mol. The molecular weight excluding hydrogens is 563 g/mol. The highest BCUT2D eigenvalue weighted by molar-refractivity contribution is 7.90. The van der Waals surface area contributed by atoms with E-state index in [4.69, 9.17) is 27.9 Å². The number of carbonyl (C=O) groups excluding carboxylic acids is 1. The van der Waals surface area contributed by atoms with Gasteiger partial charge in [0.2, 0.25) is 10.0 Å². The normalized spacial score (nSPS) is 24.3. The van der Waals surface area contributed by atoms with Crippen LogP contribution in [0.3, 0.4) is 0 Å². The van der Waals surface area contributed by atoms with Crippen LogP contribution >= 0.6 is 23.2 Å². The summed E-state index contributed by atoms with van der Waals surface area (Å²) >= 11 is 12.6. The molecule has 1 aliphatic carbocycles. The molecule has 39 heavy (non-hydrogen) atoms. The van der Waals surface area contributed by atoms with Gasteiger partial charge in [0.05, 0.1) is 11.3 Å². The van der Waals surface area contributed by atoms with Gasteiger partial charge in [-0.3, -0.25) is 10.2 Å².